The van der Waals surface area contributed by atoms with Crippen molar-refractivity contribution >= 4 is 74.7 Å². The minimum absolute atomic E-state index is 0.847. The van der Waals surface area contributed by atoms with Gasteiger partial charge in [0.1, 0.15) is 11.5 Å². The fourth-order valence-corrected chi connectivity index (χ4v) is 22.6. The SMILES string of the molecule is c1ccc([Si]2(c3ccccc3)c3ccccc3[Si]3(c4ccccc4Oc4ccc(-c5ccc(N6c7ccccc7Oc7ccccc76)cc5)cc43)c3ccccc32)cc1. The molecular formula is C54H37NO2Si2. The maximum atomic E-state index is 6.94. The number of para-hydroxylation sites is 5. The largest absolute Gasteiger partial charge is 0.458 e. The molecule has 3 heterocycles. The van der Waals surface area contributed by atoms with Gasteiger partial charge < -0.3 is 14.4 Å². The second-order valence-electron chi connectivity index (χ2n) is 15.6. The molecule has 0 saturated heterocycles. The molecule has 0 N–H and O–H groups in total. The van der Waals surface area contributed by atoms with E-state index in [9.17, 15) is 0 Å². The van der Waals surface area contributed by atoms with E-state index in [1.165, 1.54) is 47.1 Å². The molecule has 9 aromatic carbocycles. The van der Waals surface area contributed by atoms with Gasteiger partial charge in [0.15, 0.2) is 27.6 Å². The molecule has 3 aliphatic heterocycles. The van der Waals surface area contributed by atoms with Crippen LogP contribution in [0.2, 0.25) is 0 Å². The minimum atomic E-state index is -3.00. The molecule has 0 atom stereocenters. The Hall–Kier alpha value is -7.19. The molecule has 0 bridgehead atoms. The number of rotatable bonds is 4. The molecule has 0 saturated carbocycles. The van der Waals surface area contributed by atoms with Gasteiger partial charge in [0.2, 0.25) is 0 Å². The summed E-state index contributed by atoms with van der Waals surface area (Å²) in [7, 11) is -5.80. The maximum absolute atomic E-state index is 6.94. The van der Waals surface area contributed by atoms with Gasteiger partial charge in [0.05, 0.1) is 11.4 Å². The van der Waals surface area contributed by atoms with Crippen LogP contribution in [0.5, 0.6) is 23.0 Å². The molecular weight excluding hydrogens is 751 g/mol. The first-order chi connectivity index (χ1) is 29.3. The van der Waals surface area contributed by atoms with E-state index in [1.54, 1.807) is 0 Å². The van der Waals surface area contributed by atoms with Gasteiger partial charge in [-0.1, -0.05) is 176 Å². The average Bonchev–Trinajstić information content (AvgIpc) is 3.31. The lowest BCUT2D eigenvalue weighted by atomic mass is 10.0. The average molecular weight is 788 g/mol. The standard InChI is InChI=1S/C54H37NO2Si2/c1-3-17-41(18-4-1)58(42-19-5-2-6-20-42)50-27-13-15-29-52(50)59(53-30-16-14-28-51(53)58)49-26-12-11-25-47(49)57-48-36-33-39(37-54(48)59)38-31-34-40(35-32-38)55-43-21-7-9-23-45(43)56-46-24-10-8-22-44(46)55/h1-37H. The number of hydrogen-bond donors (Lipinski definition) is 0. The maximum Gasteiger partial charge on any atom is 0.188 e. The highest BCUT2D eigenvalue weighted by Crippen LogP contribution is 2.50. The first-order valence-corrected chi connectivity index (χ1v) is 24.3. The van der Waals surface area contributed by atoms with Crippen molar-refractivity contribution < 1.29 is 9.47 Å². The van der Waals surface area contributed by atoms with Gasteiger partial charge in [0, 0.05) is 5.69 Å². The topological polar surface area (TPSA) is 21.7 Å². The lowest BCUT2D eigenvalue weighted by molar-refractivity contribution is 0.477. The molecule has 0 unspecified atom stereocenters. The Morgan fingerprint density at radius 2 is 0.695 bits per heavy atom. The van der Waals surface area contributed by atoms with Gasteiger partial charge >= 0.3 is 0 Å². The number of hydrogen-bond acceptors (Lipinski definition) is 3. The van der Waals surface area contributed by atoms with Gasteiger partial charge in [-0.3, -0.25) is 0 Å². The molecule has 0 radical (unpaired) electrons. The van der Waals surface area contributed by atoms with Crippen LogP contribution in [0.15, 0.2) is 224 Å². The van der Waals surface area contributed by atoms with Gasteiger partial charge in [-0.05, 0) is 101 Å². The van der Waals surface area contributed by atoms with Crippen LogP contribution in [-0.2, 0) is 0 Å². The van der Waals surface area contributed by atoms with E-state index in [0.717, 1.165) is 45.6 Å². The highest BCUT2D eigenvalue weighted by Gasteiger charge is 2.59. The Balaban J connectivity index is 1.09. The third kappa shape index (κ3) is 4.80. The normalized spacial score (nSPS) is 14.6. The first kappa shape index (κ1) is 33.9. The predicted molar refractivity (Wildman–Crippen MR) is 247 cm³/mol. The molecule has 3 aliphatic rings. The molecule has 3 nitrogen and oxygen atoms in total. The first-order valence-electron chi connectivity index (χ1n) is 20.3. The van der Waals surface area contributed by atoms with Gasteiger partial charge in [-0.25, -0.2) is 0 Å². The molecule has 12 rings (SSSR count). The van der Waals surface area contributed by atoms with Crippen molar-refractivity contribution in [1.29, 1.82) is 0 Å². The van der Waals surface area contributed by atoms with Crippen LogP contribution < -0.4 is 55.9 Å². The molecule has 59 heavy (non-hydrogen) atoms. The quantitative estimate of drug-likeness (QED) is 0.169. The van der Waals surface area contributed by atoms with Crippen LogP contribution >= 0.6 is 0 Å². The number of nitrogens with zero attached hydrogens (tertiary/aromatic N) is 1. The molecule has 1 spiro atoms. The summed E-state index contributed by atoms with van der Waals surface area (Å²) < 4.78 is 13.3. The lowest BCUT2D eigenvalue weighted by Crippen LogP contribution is -2.93. The fraction of sp³-hybridized carbons (Fsp3) is 0. The van der Waals surface area contributed by atoms with Crippen molar-refractivity contribution in [3.05, 3.63) is 224 Å². The number of benzene rings is 9. The molecule has 0 aromatic heterocycles. The summed E-state index contributed by atoms with van der Waals surface area (Å²) in [6.45, 7) is 0. The van der Waals surface area contributed by atoms with E-state index in [2.05, 4.69) is 205 Å². The second kappa shape index (κ2) is 13.2. The third-order valence-electron chi connectivity index (χ3n) is 12.7. The van der Waals surface area contributed by atoms with Crippen molar-refractivity contribution in [3.8, 4) is 34.1 Å². The van der Waals surface area contributed by atoms with Crippen LogP contribution in [-0.4, -0.2) is 16.1 Å². The van der Waals surface area contributed by atoms with E-state index in [0.29, 0.717) is 0 Å². The van der Waals surface area contributed by atoms with Crippen molar-refractivity contribution in [3.63, 3.8) is 0 Å². The van der Waals surface area contributed by atoms with Gasteiger partial charge in [0.25, 0.3) is 0 Å². The summed E-state index contributed by atoms with van der Waals surface area (Å²) in [6, 6.07) is 82.7. The summed E-state index contributed by atoms with van der Waals surface area (Å²) in [5, 5.41) is 11.2. The second-order valence-corrected chi connectivity index (χ2v) is 22.9. The Morgan fingerprint density at radius 1 is 0.288 bits per heavy atom. The molecule has 0 aliphatic carbocycles. The van der Waals surface area contributed by atoms with E-state index in [-0.39, 0.29) is 0 Å². The summed E-state index contributed by atoms with van der Waals surface area (Å²) in [4.78, 5) is 2.29. The highest BCUT2D eigenvalue weighted by molar-refractivity contribution is 7.33. The van der Waals surface area contributed by atoms with Gasteiger partial charge in [-0.2, -0.15) is 0 Å². The zero-order chi connectivity index (χ0) is 39.0. The third-order valence-corrected chi connectivity index (χ3v) is 23.0. The molecule has 9 aromatic rings. The van der Waals surface area contributed by atoms with E-state index >= 15 is 0 Å². The van der Waals surface area contributed by atoms with Crippen LogP contribution in [0.1, 0.15) is 0 Å². The van der Waals surface area contributed by atoms with Crippen LogP contribution in [0.4, 0.5) is 17.1 Å². The minimum Gasteiger partial charge on any atom is -0.458 e. The summed E-state index contributed by atoms with van der Waals surface area (Å²) >= 11 is 0. The monoisotopic (exact) mass is 787 g/mol. The summed E-state index contributed by atoms with van der Waals surface area (Å²) in [5.41, 5.74) is 5.46. The Bertz CT molecular complexity index is 2940. The molecule has 5 heteroatoms. The smallest absolute Gasteiger partial charge is 0.188 e. The number of anilines is 3. The van der Waals surface area contributed by atoms with Crippen molar-refractivity contribution in [2.24, 2.45) is 0 Å². The molecule has 0 amide bonds. The zero-order valence-corrected chi connectivity index (χ0v) is 34.1. The Kier molecular flexibility index (Phi) is 7.57. The van der Waals surface area contributed by atoms with Gasteiger partial charge in [-0.15, -0.1) is 0 Å². The lowest BCUT2D eigenvalue weighted by Gasteiger charge is -2.50. The number of fused-ring (bicyclic) bond motifs is 10. The number of ether oxygens (including phenoxy) is 2. The highest BCUT2D eigenvalue weighted by atomic mass is 28.3. The molecule has 278 valence electrons. The van der Waals surface area contributed by atoms with E-state index in [1.807, 2.05) is 24.3 Å². The zero-order valence-electron chi connectivity index (χ0n) is 32.1. The molecule has 0 fully saturated rings. The Labute approximate surface area is 346 Å². The predicted octanol–water partition coefficient (Wildman–Crippen LogP) is 8.10. The van der Waals surface area contributed by atoms with Crippen LogP contribution in [0, 0.1) is 0 Å². The summed E-state index contributed by atoms with van der Waals surface area (Å²) in [6.07, 6.45) is 0. The van der Waals surface area contributed by atoms with E-state index in [4.69, 9.17) is 9.47 Å². The van der Waals surface area contributed by atoms with Crippen LogP contribution in [0.25, 0.3) is 11.1 Å². The Morgan fingerprint density at radius 3 is 1.25 bits per heavy atom. The van der Waals surface area contributed by atoms with Crippen molar-refractivity contribution in [2.45, 2.75) is 0 Å². The van der Waals surface area contributed by atoms with E-state index < -0.39 is 16.1 Å². The van der Waals surface area contributed by atoms with Crippen LogP contribution in [0.3, 0.4) is 0 Å². The fourth-order valence-electron chi connectivity index (χ4n) is 10.3. The van der Waals surface area contributed by atoms with Crippen molar-refractivity contribution in [1.82, 2.24) is 0 Å². The summed E-state index contributed by atoms with van der Waals surface area (Å²) in [5.74, 6) is 3.59. The van der Waals surface area contributed by atoms with Crippen molar-refractivity contribution in [2.75, 3.05) is 4.90 Å².